The molecule has 0 spiro atoms. The molecule has 0 aliphatic heterocycles. The van der Waals surface area contributed by atoms with Crippen molar-refractivity contribution in [2.24, 2.45) is 5.73 Å². The van der Waals surface area contributed by atoms with Crippen LogP contribution in [0.25, 0.3) is 0 Å². The Bertz CT molecular complexity index is 1750. The molecule has 0 aliphatic carbocycles. The number of carbonyl (C=O) groups is 4. The Labute approximate surface area is 271 Å². The van der Waals surface area contributed by atoms with Crippen molar-refractivity contribution in [2.45, 2.75) is 32.5 Å². The predicted octanol–water partition coefficient (Wildman–Crippen LogP) is 4.62. The maximum Gasteiger partial charge on any atom is 0.340 e. The van der Waals surface area contributed by atoms with Crippen LogP contribution in [0.15, 0.2) is 97.1 Å². The van der Waals surface area contributed by atoms with E-state index in [9.17, 15) is 19.2 Å². The molecular formula is C35H35N5O7. The van der Waals surface area contributed by atoms with Crippen molar-refractivity contribution in [1.29, 1.82) is 5.41 Å². The van der Waals surface area contributed by atoms with Crippen LogP contribution in [-0.4, -0.2) is 36.7 Å². The van der Waals surface area contributed by atoms with Crippen molar-refractivity contribution >= 4 is 41.0 Å². The molecule has 0 heterocycles. The van der Waals surface area contributed by atoms with Crippen molar-refractivity contribution in [3.05, 3.63) is 119 Å². The first-order valence-electron chi connectivity index (χ1n) is 14.5. The number of carbonyl (C=O) groups excluding carboxylic acids is 4. The third-order valence-corrected chi connectivity index (χ3v) is 6.86. The Morgan fingerprint density at radius 2 is 1.47 bits per heavy atom. The van der Waals surface area contributed by atoms with Gasteiger partial charge in [0.25, 0.3) is 0 Å². The maximum absolute atomic E-state index is 14.2. The molecule has 4 rings (SSSR count). The molecule has 0 fully saturated rings. The minimum atomic E-state index is -1.35. The van der Waals surface area contributed by atoms with Gasteiger partial charge < -0.3 is 35.9 Å². The minimum Gasteiger partial charge on any atom is -0.493 e. The van der Waals surface area contributed by atoms with Gasteiger partial charge in [0.2, 0.25) is 11.8 Å². The molecule has 47 heavy (non-hydrogen) atoms. The summed E-state index contributed by atoms with van der Waals surface area (Å²) in [4.78, 5) is 51.3. The summed E-state index contributed by atoms with van der Waals surface area (Å²) < 4.78 is 16.6. The number of hydrogen-bond acceptors (Lipinski definition) is 9. The number of amides is 2. The molecule has 0 aliphatic rings. The quantitative estimate of drug-likeness (QED) is 0.0605. The molecule has 0 radical (unpaired) electrons. The SMILES string of the molecule is COc1cc([C@H](Nc2ccc(C(=N)N)cc2)C(=O)NC(C(=O)OC(C)=O)c2ccccc2)c(NC(C)=O)cc1OCc1ccccc1. The number of methoxy groups -OCH3 is 1. The van der Waals surface area contributed by atoms with Gasteiger partial charge in [-0.3, -0.25) is 19.8 Å². The smallest absolute Gasteiger partial charge is 0.340 e. The van der Waals surface area contributed by atoms with Crippen LogP contribution in [0.1, 0.15) is 48.2 Å². The molecule has 12 heteroatoms. The zero-order valence-electron chi connectivity index (χ0n) is 26.0. The second-order valence-corrected chi connectivity index (χ2v) is 10.4. The number of amidine groups is 1. The fourth-order valence-corrected chi connectivity index (χ4v) is 4.67. The highest BCUT2D eigenvalue weighted by molar-refractivity contribution is 5.97. The molecule has 2 atom stereocenters. The lowest BCUT2D eigenvalue weighted by Gasteiger charge is -2.26. The second-order valence-electron chi connectivity index (χ2n) is 10.4. The van der Waals surface area contributed by atoms with Crippen LogP contribution in [0.3, 0.4) is 0 Å². The predicted molar refractivity (Wildman–Crippen MR) is 176 cm³/mol. The van der Waals surface area contributed by atoms with Gasteiger partial charge in [-0.15, -0.1) is 0 Å². The van der Waals surface area contributed by atoms with Crippen LogP contribution >= 0.6 is 0 Å². The molecule has 12 nitrogen and oxygen atoms in total. The van der Waals surface area contributed by atoms with Gasteiger partial charge in [0.15, 0.2) is 17.5 Å². The summed E-state index contributed by atoms with van der Waals surface area (Å²) >= 11 is 0. The van der Waals surface area contributed by atoms with Crippen LogP contribution in [0.2, 0.25) is 0 Å². The van der Waals surface area contributed by atoms with Gasteiger partial charge in [0.05, 0.1) is 12.8 Å². The summed E-state index contributed by atoms with van der Waals surface area (Å²) in [5.41, 5.74) is 8.31. The van der Waals surface area contributed by atoms with E-state index in [0.717, 1.165) is 12.5 Å². The van der Waals surface area contributed by atoms with Crippen molar-refractivity contribution in [2.75, 3.05) is 17.7 Å². The average Bonchev–Trinajstić information content (AvgIpc) is 3.05. The topological polar surface area (TPSA) is 182 Å². The van der Waals surface area contributed by atoms with Crippen molar-refractivity contribution < 1.29 is 33.4 Å². The number of esters is 2. The van der Waals surface area contributed by atoms with Gasteiger partial charge in [-0.25, -0.2) is 4.79 Å². The molecule has 0 aromatic heterocycles. The van der Waals surface area contributed by atoms with E-state index in [1.54, 1.807) is 66.7 Å². The van der Waals surface area contributed by atoms with Gasteiger partial charge in [-0.1, -0.05) is 60.7 Å². The Kier molecular flexibility index (Phi) is 11.3. The number of anilines is 2. The number of ether oxygens (including phenoxy) is 3. The number of rotatable bonds is 13. The maximum atomic E-state index is 14.2. The number of nitrogen functional groups attached to an aromatic ring is 1. The largest absolute Gasteiger partial charge is 0.493 e. The summed E-state index contributed by atoms with van der Waals surface area (Å²) in [6.07, 6.45) is 0. The van der Waals surface area contributed by atoms with Crippen LogP contribution in [0.4, 0.5) is 11.4 Å². The first-order chi connectivity index (χ1) is 22.5. The normalized spacial score (nSPS) is 11.7. The molecule has 4 aromatic rings. The molecule has 2 amide bonds. The van der Waals surface area contributed by atoms with Crippen LogP contribution in [0.5, 0.6) is 11.5 Å². The van der Waals surface area contributed by atoms with Crippen molar-refractivity contribution in [1.82, 2.24) is 5.32 Å². The zero-order chi connectivity index (χ0) is 33.9. The first-order valence-corrected chi connectivity index (χ1v) is 14.5. The van der Waals surface area contributed by atoms with E-state index < -0.39 is 35.8 Å². The van der Waals surface area contributed by atoms with E-state index in [1.807, 2.05) is 30.3 Å². The number of benzene rings is 4. The third kappa shape index (κ3) is 9.17. The van der Waals surface area contributed by atoms with Gasteiger partial charge in [0.1, 0.15) is 18.5 Å². The summed E-state index contributed by atoms with van der Waals surface area (Å²) in [6, 6.07) is 24.7. The minimum absolute atomic E-state index is 0.135. The summed E-state index contributed by atoms with van der Waals surface area (Å²) in [6.45, 7) is 2.62. The highest BCUT2D eigenvalue weighted by atomic mass is 16.6. The van der Waals surface area contributed by atoms with Crippen molar-refractivity contribution in [3.8, 4) is 11.5 Å². The lowest BCUT2D eigenvalue weighted by Crippen LogP contribution is -2.40. The van der Waals surface area contributed by atoms with Crippen LogP contribution in [0, 0.1) is 5.41 Å². The highest BCUT2D eigenvalue weighted by Crippen LogP contribution is 2.38. The molecular weight excluding hydrogens is 602 g/mol. The van der Waals surface area contributed by atoms with Gasteiger partial charge in [0, 0.05) is 36.7 Å². The van der Waals surface area contributed by atoms with E-state index in [4.69, 9.17) is 25.4 Å². The highest BCUT2D eigenvalue weighted by Gasteiger charge is 2.32. The summed E-state index contributed by atoms with van der Waals surface area (Å²) in [5, 5.41) is 16.3. The fraction of sp³-hybridized carbons (Fsp3) is 0.171. The molecule has 242 valence electrons. The van der Waals surface area contributed by atoms with Crippen LogP contribution < -0.4 is 31.2 Å². The Hall–Kier alpha value is -6.17. The van der Waals surface area contributed by atoms with Gasteiger partial charge in [-0.2, -0.15) is 0 Å². The van der Waals surface area contributed by atoms with E-state index in [2.05, 4.69) is 16.0 Å². The number of hydrogen-bond donors (Lipinski definition) is 5. The molecule has 1 unspecified atom stereocenters. The number of nitrogens with two attached hydrogens (primary N) is 1. The molecule has 0 saturated carbocycles. The molecule has 4 aromatic carbocycles. The average molecular weight is 638 g/mol. The third-order valence-electron chi connectivity index (χ3n) is 6.86. The van der Waals surface area contributed by atoms with E-state index in [0.29, 0.717) is 22.6 Å². The van der Waals surface area contributed by atoms with E-state index in [-0.39, 0.29) is 29.4 Å². The van der Waals surface area contributed by atoms with Crippen molar-refractivity contribution in [3.63, 3.8) is 0 Å². The fourth-order valence-electron chi connectivity index (χ4n) is 4.67. The zero-order valence-corrected chi connectivity index (χ0v) is 26.0. The molecule has 6 N–H and O–H groups in total. The number of nitrogens with one attached hydrogen (secondary N) is 4. The van der Waals surface area contributed by atoms with Crippen LogP contribution in [-0.2, 0) is 30.5 Å². The lowest BCUT2D eigenvalue weighted by atomic mass is 10.00. The van der Waals surface area contributed by atoms with E-state index in [1.165, 1.54) is 14.0 Å². The monoisotopic (exact) mass is 637 g/mol. The summed E-state index contributed by atoms with van der Waals surface area (Å²) in [5.74, 6) is -2.50. The Morgan fingerprint density at radius 3 is 2.04 bits per heavy atom. The Balaban J connectivity index is 1.80. The van der Waals surface area contributed by atoms with E-state index >= 15 is 0 Å². The van der Waals surface area contributed by atoms with Gasteiger partial charge in [-0.05, 0) is 41.5 Å². The standard InChI is InChI=1S/C35H35N5O7/c1-21(41)38-28-19-30(46-20-23-10-6-4-7-11-23)29(45-3)18-27(28)32(39-26-16-14-25(15-17-26)33(36)37)34(43)40-31(35(44)47-22(2)42)24-12-8-5-9-13-24/h4-19,31-32,39H,20H2,1-3H3,(H3,36,37)(H,38,41)(H,40,43)/t31?,32-/m0/s1. The summed E-state index contributed by atoms with van der Waals surface area (Å²) in [7, 11) is 1.44. The first kappa shape index (κ1) is 33.7. The lowest BCUT2D eigenvalue weighted by molar-refractivity contribution is -0.160. The molecule has 0 saturated heterocycles. The molecule has 0 bridgehead atoms. The Morgan fingerprint density at radius 1 is 0.830 bits per heavy atom. The second kappa shape index (κ2) is 15.7. The van der Waals surface area contributed by atoms with Gasteiger partial charge >= 0.3 is 11.9 Å².